The SMILES string of the molecule is FC(F)(F)c1ccc(Cl)c(NC(=S)NCC2CCCO2)c1. The number of anilines is 1. The molecule has 1 aliphatic rings. The molecule has 2 rings (SSSR count). The van der Waals surface area contributed by atoms with Crippen molar-refractivity contribution in [3.8, 4) is 0 Å². The molecular weight excluding hydrogens is 325 g/mol. The molecule has 1 aliphatic heterocycles. The fourth-order valence-electron chi connectivity index (χ4n) is 1.98. The summed E-state index contributed by atoms with van der Waals surface area (Å²) in [6.07, 6.45) is -2.39. The zero-order valence-corrected chi connectivity index (χ0v) is 12.5. The summed E-state index contributed by atoms with van der Waals surface area (Å²) in [6, 6.07) is 3.05. The Labute approximate surface area is 130 Å². The van der Waals surface area contributed by atoms with E-state index >= 15 is 0 Å². The third-order valence-corrected chi connectivity index (χ3v) is 3.63. The molecule has 1 heterocycles. The van der Waals surface area contributed by atoms with Crippen molar-refractivity contribution in [2.24, 2.45) is 0 Å². The molecule has 0 amide bonds. The van der Waals surface area contributed by atoms with Crippen LogP contribution in [0.3, 0.4) is 0 Å². The minimum atomic E-state index is -4.42. The first-order chi connectivity index (χ1) is 9.86. The molecule has 0 bridgehead atoms. The quantitative estimate of drug-likeness (QED) is 0.821. The summed E-state index contributed by atoms with van der Waals surface area (Å²) in [7, 11) is 0. The first-order valence-electron chi connectivity index (χ1n) is 6.39. The van der Waals surface area contributed by atoms with Crippen LogP contribution in [0.4, 0.5) is 18.9 Å². The van der Waals surface area contributed by atoms with Gasteiger partial charge in [-0.3, -0.25) is 0 Å². The lowest BCUT2D eigenvalue weighted by atomic mass is 10.2. The molecule has 1 fully saturated rings. The molecule has 21 heavy (non-hydrogen) atoms. The highest BCUT2D eigenvalue weighted by Crippen LogP contribution is 2.33. The Hall–Kier alpha value is -1.05. The fraction of sp³-hybridized carbons (Fsp3) is 0.462. The van der Waals surface area contributed by atoms with Crippen LogP contribution in [0, 0.1) is 0 Å². The molecule has 3 nitrogen and oxygen atoms in total. The average Bonchev–Trinajstić information content (AvgIpc) is 2.91. The molecular formula is C13H14ClF3N2OS. The van der Waals surface area contributed by atoms with Gasteiger partial charge in [-0.1, -0.05) is 11.6 Å². The van der Waals surface area contributed by atoms with Gasteiger partial charge in [0.05, 0.1) is 22.4 Å². The van der Waals surface area contributed by atoms with Gasteiger partial charge in [0.2, 0.25) is 0 Å². The summed E-state index contributed by atoms with van der Waals surface area (Å²) in [5.41, 5.74) is -0.660. The Morgan fingerprint density at radius 1 is 1.43 bits per heavy atom. The zero-order chi connectivity index (χ0) is 15.5. The van der Waals surface area contributed by atoms with Crippen LogP contribution in [0.1, 0.15) is 18.4 Å². The van der Waals surface area contributed by atoms with Gasteiger partial charge in [-0.25, -0.2) is 0 Å². The first-order valence-corrected chi connectivity index (χ1v) is 7.18. The smallest absolute Gasteiger partial charge is 0.376 e. The third kappa shape index (κ3) is 4.72. The van der Waals surface area contributed by atoms with Crippen molar-refractivity contribution in [2.45, 2.75) is 25.1 Å². The Morgan fingerprint density at radius 3 is 2.81 bits per heavy atom. The van der Waals surface area contributed by atoms with Gasteiger partial charge in [0, 0.05) is 13.2 Å². The minimum Gasteiger partial charge on any atom is -0.376 e. The van der Waals surface area contributed by atoms with Crippen molar-refractivity contribution in [2.75, 3.05) is 18.5 Å². The highest BCUT2D eigenvalue weighted by Gasteiger charge is 2.31. The van der Waals surface area contributed by atoms with E-state index in [2.05, 4.69) is 10.6 Å². The molecule has 1 saturated heterocycles. The topological polar surface area (TPSA) is 33.3 Å². The lowest BCUT2D eigenvalue weighted by Gasteiger charge is -2.16. The summed E-state index contributed by atoms with van der Waals surface area (Å²) in [5.74, 6) is 0. The lowest BCUT2D eigenvalue weighted by molar-refractivity contribution is -0.137. The molecule has 0 aliphatic carbocycles. The second-order valence-electron chi connectivity index (χ2n) is 4.66. The second-order valence-corrected chi connectivity index (χ2v) is 5.48. The summed E-state index contributed by atoms with van der Waals surface area (Å²) >= 11 is 10.9. The number of hydrogen-bond donors (Lipinski definition) is 2. The van der Waals surface area contributed by atoms with Crippen LogP contribution >= 0.6 is 23.8 Å². The summed E-state index contributed by atoms with van der Waals surface area (Å²) in [5, 5.41) is 5.98. The zero-order valence-electron chi connectivity index (χ0n) is 11.0. The second kappa shape index (κ2) is 6.81. The maximum Gasteiger partial charge on any atom is 0.416 e. The fourth-order valence-corrected chi connectivity index (χ4v) is 2.33. The van der Waals surface area contributed by atoms with Crippen LogP contribution in [-0.2, 0) is 10.9 Å². The molecule has 0 spiro atoms. The van der Waals surface area contributed by atoms with E-state index in [9.17, 15) is 13.2 Å². The maximum atomic E-state index is 12.7. The molecule has 116 valence electrons. The molecule has 2 N–H and O–H groups in total. The van der Waals surface area contributed by atoms with E-state index in [1.165, 1.54) is 6.07 Å². The first kappa shape index (κ1) is 16.3. The van der Waals surface area contributed by atoms with Crippen molar-refractivity contribution in [1.29, 1.82) is 0 Å². The molecule has 1 unspecified atom stereocenters. The van der Waals surface area contributed by atoms with Crippen molar-refractivity contribution < 1.29 is 17.9 Å². The normalized spacial score (nSPS) is 18.6. The van der Waals surface area contributed by atoms with Gasteiger partial charge in [0.1, 0.15) is 0 Å². The number of rotatable bonds is 3. The highest BCUT2D eigenvalue weighted by atomic mass is 35.5. The van der Waals surface area contributed by atoms with E-state index in [1.807, 2.05) is 0 Å². The van der Waals surface area contributed by atoms with E-state index in [0.29, 0.717) is 6.54 Å². The van der Waals surface area contributed by atoms with E-state index in [4.69, 9.17) is 28.6 Å². The Kier molecular flexibility index (Phi) is 5.29. The van der Waals surface area contributed by atoms with E-state index in [1.54, 1.807) is 0 Å². The van der Waals surface area contributed by atoms with Crippen LogP contribution in [0.15, 0.2) is 18.2 Å². The predicted octanol–water partition coefficient (Wildman–Crippen LogP) is 3.82. The van der Waals surface area contributed by atoms with E-state index < -0.39 is 11.7 Å². The van der Waals surface area contributed by atoms with Crippen LogP contribution < -0.4 is 10.6 Å². The lowest BCUT2D eigenvalue weighted by Crippen LogP contribution is -2.34. The van der Waals surface area contributed by atoms with Crippen LogP contribution in [0.5, 0.6) is 0 Å². The van der Waals surface area contributed by atoms with Crippen molar-refractivity contribution in [3.63, 3.8) is 0 Å². The number of alkyl halides is 3. The number of halogens is 4. The number of hydrogen-bond acceptors (Lipinski definition) is 2. The van der Waals surface area contributed by atoms with Crippen LogP contribution in [0.2, 0.25) is 5.02 Å². The molecule has 1 aromatic carbocycles. The van der Waals surface area contributed by atoms with E-state index in [-0.39, 0.29) is 21.9 Å². The summed E-state index contributed by atoms with van der Waals surface area (Å²) in [6.45, 7) is 1.24. The van der Waals surface area contributed by atoms with Gasteiger partial charge in [0.25, 0.3) is 0 Å². The molecule has 8 heteroatoms. The third-order valence-electron chi connectivity index (χ3n) is 3.06. The van der Waals surface area contributed by atoms with Gasteiger partial charge >= 0.3 is 6.18 Å². The Balaban J connectivity index is 1.96. The Bertz CT molecular complexity index is 519. The largest absolute Gasteiger partial charge is 0.416 e. The van der Waals surface area contributed by atoms with E-state index in [0.717, 1.165) is 31.6 Å². The molecule has 0 aromatic heterocycles. The molecule has 0 radical (unpaired) electrons. The minimum absolute atomic E-state index is 0.0849. The summed E-state index contributed by atoms with van der Waals surface area (Å²) < 4.78 is 43.4. The van der Waals surface area contributed by atoms with Gasteiger partial charge < -0.3 is 15.4 Å². The number of benzene rings is 1. The summed E-state index contributed by atoms with van der Waals surface area (Å²) in [4.78, 5) is 0. The standard InChI is InChI=1S/C13H14ClF3N2OS/c14-10-4-3-8(13(15,16)17)6-11(10)19-12(21)18-7-9-2-1-5-20-9/h3-4,6,9H,1-2,5,7H2,(H2,18,19,21). The predicted molar refractivity (Wildman–Crippen MR) is 79.7 cm³/mol. The highest BCUT2D eigenvalue weighted by molar-refractivity contribution is 7.80. The molecule has 1 aromatic rings. The van der Waals surface area contributed by atoms with Gasteiger partial charge in [-0.2, -0.15) is 13.2 Å². The van der Waals surface area contributed by atoms with Crippen molar-refractivity contribution in [3.05, 3.63) is 28.8 Å². The van der Waals surface area contributed by atoms with Crippen LogP contribution in [0.25, 0.3) is 0 Å². The monoisotopic (exact) mass is 338 g/mol. The van der Waals surface area contributed by atoms with Crippen molar-refractivity contribution in [1.82, 2.24) is 5.32 Å². The van der Waals surface area contributed by atoms with Crippen LogP contribution in [-0.4, -0.2) is 24.4 Å². The van der Waals surface area contributed by atoms with Crippen molar-refractivity contribution >= 4 is 34.6 Å². The number of nitrogens with one attached hydrogen (secondary N) is 2. The molecule has 0 saturated carbocycles. The van der Waals surface area contributed by atoms with Gasteiger partial charge in [0.15, 0.2) is 5.11 Å². The number of ether oxygens (including phenoxy) is 1. The maximum absolute atomic E-state index is 12.7. The van der Waals surface area contributed by atoms with Gasteiger partial charge in [-0.15, -0.1) is 0 Å². The molecule has 1 atom stereocenters. The Morgan fingerprint density at radius 2 is 2.19 bits per heavy atom. The average molecular weight is 339 g/mol. The van der Waals surface area contributed by atoms with Gasteiger partial charge in [-0.05, 0) is 43.3 Å². The number of thiocarbonyl (C=S) groups is 1.